The summed E-state index contributed by atoms with van der Waals surface area (Å²) in [5.41, 5.74) is 4.15. The van der Waals surface area contributed by atoms with E-state index in [-0.39, 0.29) is 5.91 Å². The van der Waals surface area contributed by atoms with Gasteiger partial charge in [-0.2, -0.15) is 0 Å². The molecule has 2 aromatic heterocycles. The smallest absolute Gasteiger partial charge is 0.257 e. The number of aryl methyl sites for hydroxylation is 2. The van der Waals surface area contributed by atoms with Gasteiger partial charge in [0.15, 0.2) is 0 Å². The molecule has 6 heteroatoms. The highest BCUT2D eigenvalue weighted by molar-refractivity contribution is 5.97. The lowest BCUT2D eigenvalue weighted by atomic mass is 9.93. The van der Waals surface area contributed by atoms with Crippen LogP contribution in [0.3, 0.4) is 0 Å². The van der Waals surface area contributed by atoms with Crippen molar-refractivity contribution in [2.45, 2.75) is 64.5 Å². The van der Waals surface area contributed by atoms with Gasteiger partial charge in [0.2, 0.25) is 0 Å². The van der Waals surface area contributed by atoms with Gasteiger partial charge in [0, 0.05) is 43.3 Å². The molecule has 1 saturated heterocycles. The number of amides is 1. The predicted octanol–water partition coefficient (Wildman–Crippen LogP) is 3.22. The Morgan fingerprint density at radius 3 is 2.86 bits per heavy atom. The fourth-order valence-corrected chi connectivity index (χ4v) is 5.04. The summed E-state index contributed by atoms with van der Waals surface area (Å²) in [5, 5.41) is 0. The van der Waals surface area contributed by atoms with Crippen molar-refractivity contribution in [1.29, 1.82) is 0 Å². The molecule has 28 heavy (non-hydrogen) atoms. The molecule has 148 valence electrons. The Labute approximate surface area is 165 Å². The van der Waals surface area contributed by atoms with E-state index < -0.39 is 0 Å². The molecule has 0 bridgehead atoms. The summed E-state index contributed by atoms with van der Waals surface area (Å²) < 4.78 is 5.92. The number of aromatic nitrogens is 2. The third kappa shape index (κ3) is 2.94. The maximum atomic E-state index is 13.3. The van der Waals surface area contributed by atoms with Crippen LogP contribution in [0.15, 0.2) is 10.6 Å². The van der Waals surface area contributed by atoms with E-state index >= 15 is 0 Å². The first-order valence-electron chi connectivity index (χ1n) is 10.6. The van der Waals surface area contributed by atoms with E-state index in [0.29, 0.717) is 19.1 Å². The molecule has 6 nitrogen and oxygen atoms in total. The van der Waals surface area contributed by atoms with E-state index in [9.17, 15) is 4.79 Å². The van der Waals surface area contributed by atoms with E-state index in [4.69, 9.17) is 9.40 Å². The Bertz CT molecular complexity index is 920. The average Bonchev–Trinajstić information content (AvgIpc) is 3.28. The Kier molecular flexibility index (Phi) is 4.46. The summed E-state index contributed by atoms with van der Waals surface area (Å²) >= 11 is 0. The highest BCUT2D eigenvalue weighted by Crippen LogP contribution is 2.32. The molecule has 0 aromatic carbocycles. The number of fused-ring (bicyclic) bond motifs is 2. The minimum atomic E-state index is 0.106. The largest absolute Gasteiger partial charge is 0.465 e. The zero-order valence-electron chi connectivity index (χ0n) is 16.8. The fraction of sp³-hybridized carbons (Fsp3) is 0.591. The first-order chi connectivity index (χ1) is 13.6. The van der Waals surface area contributed by atoms with Crippen LogP contribution < -0.4 is 0 Å². The van der Waals surface area contributed by atoms with Crippen LogP contribution in [0.25, 0.3) is 0 Å². The average molecular weight is 380 g/mol. The highest BCUT2D eigenvalue weighted by atomic mass is 16.3. The lowest BCUT2D eigenvalue weighted by Gasteiger charge is -2.29. The molecule has 0 spiro atoms. The maximum absolute atomic E-state index is 13.3. The van der Waals surface area contributed by atoms with Gasteiger partial charge in [-0.1, -0.05) is 0 Å². The molecule has 0 N–H and O–H groups in total. The molecule has 5 rings (SSSR count). The number of carbonyl (C=O) groups is 1. The summed E-state index contributed by atoms with van der Waals surface area (Å²) in [5.74, 6) is 2.85. The van der Waals surface area contributed by atoms with E-state index in [1.807, 2.05) is 18.0 Å². The predicted molar refractivity (Wildman–Crippen MR) is 105 cm³/mol. The van der Waals surface area contributed by atoms with Gasteiger partial charge in [-0.3, -0.25) is 9.69 Å². The Hall–Kier alpha value is -2.21. The molecule has 0 radical (unpaired) electrons. The molecule has 1 amide bonds. The van der Waals surface area contributed by atoms with Crippen molar-refractivity contribution in [3.05, 3.63) is 45.9 Å². The third-order valence-electron chi connectivity index (χ3n) is 6.62. The number of rotatable bonds is 2. The van der Waals surface area contributed by atoms with Gasteiger partial charge in [0.1, 0.15) is 17.3 Å². The molecule has 1 aliphatic carbocycles. The first kappa shape index (κ1) is 17.9. The standard InChI is InChI=1S/C22H28N4O2/c1-14-20(16-6-3-4-8-19(16)28-14)22(27)26-11-9-17-15(13-26)12-23-21(24-17)18-7-5-10-25(18)2/h12,18H,3-11,13H2,1-2H3. The van der Waals surface area contributed by atoms with Crippen LogP contribution in [-0.2, 0) is 25.8 Å². The van der Waals surface area contributed by atoms with Gasteiger partial charge in [-0.05, 0) is 52.6 Å². The zero-order chi connectivity index (χ0) is 19.3. The van der Waals surface area contributed by atoms with Crippen molar-refractivity contribution in [1.82, 2.24) is 19.8 Å². The quantitative estimate of drug-likeness (QED) is 0.800. The zero-order valence-corrected chi connectivity index (χ0v) is 16.8. The molecular weight excluding hydrogens is 352 g/mol. The first-order valence-corrected chi connectivity index (χ1v) is 10.6. The Morgan fingerprint density at radius 2 is 2.04 bits per heavy atom. The second-order valence-corrected chi connectivity index (χ2v) is 8.46. The summed E-state index contributed by atoms with van der Waals surface area (Å²) in [4.78, 5) is 27.1. The summed E-state index contributed by atoms with van der Waals surface area (Å²) in [6.07, 6.45) is 9.29. The van der Waals surface area contributed by atoms with Crippen molar-refractivity contribution >= 4 is 5.91 Å². The fourth-order valence-electron chi connectivity index (χ4n) is 5.04. The molecule has 1 unspecified atom stereocenters. The monoisotopic (exact) mass is 380 g/mol. The Morgan fingerprint density at radius 1 is 1.18 bits per heavy atom. The van der Waals surface area contributed by atoms with E-state index in [0.717, 1.165) is 84.8 Å². The van der Waals surface area contributed by atoms with Crippen molar-refractivity contribution in [2.75, 3.05) is 20.1 Å². The van der Waals surface area contributed by atoms with Gasteiger partial charge in [-0.15, -0.1) is 0 Å². The number of furan rings is 1. The number of hydrogen-bond acceptors (Lipinski definition) is 5. The van der Waals surface area contributed by atoms with Gasteiger partial charge in [-0.25, -0.2) is 9.97 Å². The SMILES string of the molecule is Cc1oc2c(c1C(=O)N1CCc3nc(C4CCCN4C)ncc3C1)CCCC2. The van der Waals surface area contributed by atoms with E-state index in [2.05, 4.69) is 16.9 Å². The van der Waals surface area contributed by atoms with Crippen LogP contribution in [0.1, 0.15) is 76.2 Å². The normalized spacial score (nSPS) is 22.2. The van der Waals surface area contributed by atoms with Crippen molar-refractivity contribution in [3.63, 3.8) is 0 Å². The molecule has 0 saturated carbocycles. The summed E-state index contributed by atoms with van der Waals surface area (Å²) in [6, 6.07) is 0.338. The third-order valence-corrected chi connectivity index (χ3v) is 6.62. The summed E-state index contributed by atoms with van der Waals surface area (Å²) in [6.45, 7) is 4.34. The van der Waals surface area contributed by atoms with Crippen LogP contribution >= 0.6 is 0 Å². The lowest BCUT2D eigenvalue weighted by Crippen LogP contribution is -2.37. The highest BCUT2D eigenvalue weighted by Gasteiger charge is 2.31. The molecular formula is C22H28N4O2. The second kappa shape index (κ2) is 6.99. The van der Waals surface area contributed by atoms with Gasteiger partial charge in [0.05, 0.1) is 17.3 Å². The molecule has 3 aliphatic rings. The van der Waals surface area contributed by atoms with Crippen LogP contribution in [-0.4, -0.2) is 45.8 Å². The van der Waals surface area contributed by atoms with Gasteiger partial charge >= 0.3 is 0 Å². The van der Waals surface area contributed by atoms with Gasteiger partial charge < -0.3 is 9.32 Å². The molecule has 1 atom stereocenters. The number of carbonyl (C=O) groups excluding carboxylic acids is 1. The lowest BCUT2D eigenvalue weighted by molar-refractivity contribution is 0.0730. The van der Waals surface area contributed by atoms with Crippen molar-refractivity contribution < 1.29 is 9.21 Å². The van der Waals surface area contributed by atoms with Crippen LogP contribution in [0.5, 0.6) is 0 Å². The molecule has 2 aromatic rings. The molecule has 1 fully saturated rings. The maximum Gasteiger partial charge on any atom is 0.257 e. The van der Waals surface area contributed by atoms with E-state index in [1.54, 1.807) is 0 Å². The topological polar surface area (TPSA) is 62.5 Å². The molecule has 4 heterocycles. The number of likely N-dealkylation sites (tertiary alicyclic amines) is 1. The summed E-state index contributed by atoms with van der Waals surface area (Å²) in [7, 11) is 2.15. The van der Waals surface area contributed by atoms with Gasteiger partial charge in [0.25, 0.3) is 5.91 Å². The molecule has 2 aliphatic heterocycles. The van der Waals surface area contributed by atoms with Crippen molar-refractivity contribution in [3.8, 4) is 0 Å². The van der Waals surface area contributed by atoms with Crippen LogP contribution in [0.2, 0.25) is 0 Å². The van der Waals surface area contributed by atoms with E-state index in [1.165, 1.54) is 6.42 Å². The van der Waals surface area contributed by atoms with Crippen LogP contribution in [0, 0.1) is 6.92 Å². The minimum Gasteiger partial charge on any atom is -0.465 e. The number of nitrogens with zero attached hydrogens (tertiary/aromatic N) is 4. The second-order valence-electron chi connectivity index (χ2n) is 8.46. The van der Waals surface area contributed by atoms with Crippen LogP contribution in [0.4, 0.5) is 0 Å². The minimum absolute atomic E-state index is 0.106. The van der Waals surface area contributed by atoms with Crippen molar-refractivity contribution in [2.24, 2.45) is 0 Å². The number of hydrogen-bond donors (Lipinski definition) is 0. The Balaban J connectivity index is 1.38.